The van der Waals surface area contributed by atoms with Crippen molar-refractivity contribution in [2.24, 2.45) is 0 Å². The second kappa shape index (κ2) is 15.3. The first-order valence-electron chi connectivity index (χ1n) is 21.6. The summed E-state index contributed by atoms with van der Waals surface area (Å²) in [5.74, 6) is 0. The van der Waals surface area contributed by atoms with Crippen LogP contribution in [0.5, 0.6) is 0 Å². The topological polar surface area (TPSA) is 13.1 Å². The van der Waals surface area contributed by atoms with Crippen molar-refractivity contribution in [1.29, 1.82) is 0 Å². The molecule has 2 aromatic heterocycles. The Morgan fingerprint density at radius 2 is 0.698 bits per heavy atom. The molecular formula is C60H41N3. The summed E-state index contributed by atoms with van der Waals surface area (Å²) in [6.07, 6.45) is 0. The molecule has 12 rings (SSSR count). The molecule has 296 valence electrons. The zero-order valence-electron chi connectivity index (χ0n) is 34.5. The Kier molecular flexibility index (Phi) is 8.83. The van der Waals surface area contributed by atoms with Gasteiger partial charge in [-0.05, 0) is 118 Å². The third-order valence-electron chi connectivity index (χ3n) is 12.5. The number of benzene rings is 10. The second-order valence-corrected chi connectivity index (χ2v) is 16.2. The van der Waals surface area contributed by atoms with Crippen molar-refractivity contribution in [3.63, 3.8) is 0 Å². The fourth-order valence-electron chi connectivity index (χ4n) is 9.59. The molecule has 63 heavy (non-hydrogen) atoms. The Morgan fingerprint density at radius 3 is 1.41 bits per heavy atom. The smallest absolute Gasteiger partial charge is 0.0562 e. The van der Waals surface area contributed by atoms with Crippen LogP contribution in [0.3, 0.4) is 0 Å². The van der Waals surface area contributed by atoms with Crippen LogP contribution in [0.2, 0.25) is 0 Å². The van der Waals surface area contributed by atoms with E-state index in [1.165, 1.54) is 71.4 Å². The van der Waals surface area contributed by atoms with Gasteiger partial charge in [0.05, 0.1) is 27.8 Å². The van der Waals surface area contributed by atoms with Gasteiger partial charge in [0.2, 0.25) is 0 Å². The van der Waals surface area contributed by atoms with Crippen molar-refractivity contribution >= 4 is 60.7 Å². The number of aromatic nitrogens is 2. The highest BCUT2D eigenvalue weighted by atomic mass is 15.1. The summed E-state index contributed by atoms with van der Waals surface area (Å²) in [7, 11) is 0. The minimum atomic E-state index is 1.10. The van der Waals surface area contributed by atoms with Crippen molar-refractivity contribution in [1.82, 2.24) is 9.13 Å². The number of rotatable bonds is 8. The number of anilines is 3. The third kappa shape index (κ3) is 6.29. The van der Waals surface area contributed by atoms with E-state index in [0.717, 1.165) is 34.0 Å². The van der Waals surface area contributed by atoms with Gasteiger partial charge in [-0.15, -0.1) is 0 Å². The lowest BCUT2D eigenvalue weighted by Gasteiger charge is -2.26. The standard InChI is InChI=1S/C60H41N3/c1-4-16-42(17-5-1)45-18-14-19-46(40-45)43-32-37-51(38-33-43)63-55-26-12-10-24-52(55)53-39-34-47(41-59(53)63)44-30-35-50(36-31-44)61(48-20-6-2-7-21-48)57-28-15-29-58-60(57)54-25-11-13-27-56(54)62(58)49-22-8-3-9-23-49/h1-41H. The number of hydrogen-bond donors (Lipinski definition) is 0. The SMILES string of the molecule is c1ccc(-c2cccc(-c3ccc(-n4c5ccccc5c5ccc(-c6ccc(N(c7ccccc7)c7cccc8c7c7ccccc7n8-c7ccccc7)cc6)cc54)cc3)c2)cc1. The third-order valence-corrected chi connectivity index (χ3v) is 12.5. The number of hydrogen-bond acceptors (Lipinski definition) is 1. The molecule has 0 radical (unpaired) electrons. The molecule has 0 N–H and O–H groups in total. The Morgan fingerprint density at radius 1 is 0.254 bits per heavy atom. The molecule has 12 aromatic rings. The maximum atomic E-state index is 2.41. The van der Waals surface area contributed by atoms with E-state index in [1.807, 2.05) is 0 Å². The minimum absolute atomic E-state index is 1.10. The fourth-order valence-corrected chi connectivity index (χ4v) is 9.59. The maximum Gasteiger partial charge on any atom is 0.0562 e. The molecule has 0 fully saturated rings. The number of para-hydroxylation sites is 4. The molecule has 0 bridgehead atoms. The van der Waals surface area contributed by atoms with Crippen LogP contribution in [0.4, 0.5) is 17.1 Å². The quantitative estimate of drug-likeness (QED) is 0.149. The van der Waals surface area contributed by atoms with Gasteiger partial charge < -0.3 is 14.0 Å². The van der Waals surface area contributed by atoms with Crippen LogP contribution in [0.25, 0.3) is 88.4 Å². The van der Waals surface area contributed by atoms with Gasteiger partial charge in [-0.25, -0.2) is 0 Å². The van der Waals surface area contributed by atoms with E-state index in [4.69, 9.17) is 0 Å². The zero-order chi connectivity index (χ0) is 41.7. The number of fused-ring (bicyclic) bond motifs is 6. The maximum absolute atomic E-state index is 2.41. The summed E-state index contributed by atoms with van der Waals surface area (Å²) in [5.41, 5.74) is 17.5. The van der Waals surface area contributed by atoms with Crippen LogP contribution in [0.15, 0.2) is 249 Å². The van der Waals surface area contributed by atoms with E-state index in [0.29, 0.717) is 0 Å². The van der Waals surface area contributed by atoms with Crippen LogP contribution in [0.1, 0.15) is 0 Å². The molecule has 0 amide bonds. The Balaban J connectivity index is 0.944. The number of nitrogens with zero attached hydrogens (tertiary/aromatic N) is 3. The van der Waals surface area contributed by atoms with Gasteiger partial charge in [0.15, 0.2) is 0 Å². The van der Waals surface area contributed by atoms with Crippen molar-refractivity contribution in [2.75, 3.05) is 4.90 Å². The fraction of sp³-hybridized carbons (Fsp3) is 0. The summed E-state index contributed by atoms with van der Waals surface area (Å²) >= 11 is 0. The molecular weight excluding hydrogens is 763 g/mol. The second-order valence-electron chi connectivity index (χ2n) is 16.2. The van der Waals surface area contributed by atoms with Gasteiger partial charge in [-0.1, -0.05) is 164 Å². The monoisotopic (exact) mass is 803 g/mol. The Labute approximate surface area is 366 Å². The molecule has 0 spiro atoms. The van der Waals surface area contributed by atoms with Crippen molar-refractivity contribution in [3.05, 3.63) is 249 Å². The summed E-state index contributed by atoms with van der Waals surface area (Å²) in [6.45, 7) is 0. The van der Waals surface area contributed by atoms with E-state index in [1.54, 1.807) is 0 Å². The van der Waals surface area contributed by atoms with Gasteiger partial charge in [-0.2, -0.15) is 0 Å². The van der Waals surface area contributed by atoms with Gasteiger partial charge in [0.25, 0.3) is 0 Å². The first-order chi connectivity index (χ1) is 31.3. The normalized spacial score (nSPS) is 11.5. The van der Waals surface area contributed by atoms with Crippen LogP contribution in [0, 0.1) is 0 Å². The average Bonchev–Trinajstić information content (AvgIpc) is 3.88. The summed E-state index contributed by atoms with van der Waals surface area (Å²) < 4.78 is 4.80. The van der Waals surface area contributed by atoms with Gasteiger partial charge >= 0.3 is 0 Å². The highest BCUT2D eigenvalue weighted by Gasteiger charge is 2.21. The molecule has 3 nitrogen and oxygen atoms in total. The lowest BCUT2D eigenvalue weighted by Crippen LogP contribution is -2.10. The highest BCUT2D eigenvalue weighted by Crippen LogP contribution is 2.44. The molecule has 3 heteroatoms. The lowest BCUT2D eigenvalue weighted by atomic mass is 9.99. The Bertz CT molecular complexity index is 3580. The van der Waals surface area contributed by atoms with Gasteiger partial charge in [-0.3, -0.25) is 0 Å². The Hall–Kier alpha value is -8.40. The summed E-state index contributed by atoms with van der Waals surface area (Å²) in [4.78, 5) is 2.40. The summed E-state index contributed by atoms with van der Waals surface area (Å²) in [6, 6.07) is 90.0. The molecule has 0 saturated heterocycles. The van der Waals surface area contributed by atoms with Crippen molar-refractivity contribution < 1.29 is 0 Å². The predicted octanol–water partition coefficient (Wildman–Crippen LogP) is 16.4. The molecule has 0 aliphatic heterocycles. The van der Waals surface area contributed by atoms with Gasteiger partial charge in [0, 0.05) is 44.3 Å². The molecule has 0 aliphatic carbocycles. The minimum Gasteiger partial charge on any atom is -0.310 e. The van der Waals surface area contributed by atoms with E-state index < -0.39 is 0 Å². The molecule has 0 atom stereocenters. The summed E-state index contributed by atoms with van der Waals surface area (Å²) in [5, 5.41) is 4.93. The molecule has 0 saturated carbocycles. The average molecular weight is 804 g/mol. The van der Waals surface area contributed by atoms with Crippen LogP contribution < -0.4 is 4.90 Å². The van der Waals surface area contributed by atoms with Crippen LogP contribution >= 0.6 is 0 Å². The molecule has 10 aromatic carbocycles. The van der Waals surface area contributed by atoms with E-state index in [-0.39, 0.29) is 0 Å². The molecule has 0 unspecified atom stereocenters. The first-order valence-corrected chi connectivity index (χ1v) is 21.6. The van der Waals surface area contributed by atoms with E-state index >= 15 is 0 Å². The van der Waals surface area contributed by atoms with Crippen LogP contribution in [-0.4, -0.2) is 9.13 Å². The zero-order valence-corrected chi connectivity index (χ0v) is 34.5. The predicted molar refractivity (Wildman–Crippen MR) is 266 cm³/mol. The molecule has 0 aliphatic rings. The van der Waals surface area contributed by atoms with Crippen molar-refractivity contribution in [3.8, 4) is 44.8 Å². The largest absolute Gasteiger partial charge is 0.310 e. The van der Waals surface area contributed by atoms with E-state index in [9.17, 15) is 0 Å². The van der Waals surface area contributed by atoms with Crippen molar-refractivity contribution in [2.45, 2.75) is 0 Å². The molecule has 2 heterocycles. The van der Waals surface area contributed by atoms with Gasteiger partial charge in [0.1, 0.15) is 0 Å². The van der Waals surface area contributed by atoms with Crippen LogP contribution in [-0.2, 0) is 0 Å². The lowest BCUT2D eigenvalue weighted by molar-refractivity contribution is 1.18. The first kappa shape index (κ1) is 36.5. The van der Waals surface area contributed by atoms with E-state index in [2.05, 4.69) is 263 Å². The highest BCUT2D eigenvalue weighted by molar-refractivity contribution is 6.16.